The van der Waals surface area contributed by atoms with Gasteiger partial charge in [-0.15, -0.1) is 0 Å². The van der Waals surface area contributed by atoms with Gasteiger partial charge in [0.25, 0.3) is 5.91 Å². The summed E-state index contributed by atoms with van der Waals surface area (Å²) in [7, 11) is 0. The van der Waals surface area contributed by atoms with Crippen LogP contribution >= 0.6 is 11.6 Å². The van der Waals surface area contributed by atoms with Crippen molar-refractivity contribution in [2.24, 2.45) is 0 Å². The maximum absolute atomic E-state index is 13.7. The van der Waals surface area contributed by atoms with E-state index in [0.717, 1.165) is 17.7 Å². The normalized spacial score (nSPS) is 10.5. The average molecular weight is 388 g/mol. The van der Waals surface area contributed by atoms with Crippen LogP contribution in [0.2, 0.25) is 5.02 Å². The molecule has 3 aromatic rings. The predicted molar refractivity (Wildman–Crippen MR) is 101 cm³/mol. The fourth-order valence-electron chi connectivity index (χ4n) is 2.43. The topological polar surface area (TPSA) is 54.0 Å². The van der Waals surface area contributed by atoms with Gasteiger partial charge < -0.3 is 10.6 Å². The minimum Gasteiger partial charge on any atom is -0.350 e. The molecule has 0 atom stereocenters. The Morgan fingerprint density at radius 1 is 1.00 bits per heavy atom. The number of nitrogens with zero attached hydrogens (tertiary/aromatic N) is 1. The Morgan fingerprint density at radius 3 is 2.33 bits per heavy atom. The SMILES string of the molecule is O=C(NCCc1ccc(Cl)cc1)c1ccc(Nc2c(F)cccc2F)cn1. The number of rotatable bonds is 6. The molecule has 1 heterocycles. The molecule has 0 saturated carbocycles. The molecule has 0 radical (unpaired) electrons. The number of anilines is 2. The third kappa shape index (κ3) is 5.01. The van der Waals surface area contributed by atoms with Gasteiger partial charge in [-0.05, 0) is 48.4 Å². The lowest BCUT2D eigenvalue weighted by molar-refractivity contribution is 0.0949. The van der Waals surface area contributed by atoms with E-state index in [1.54, 1.807) is 12.1 Å². The van der Waals surface area contributed by atoms with Gasteiger partial charge in [-0.2, -0.15) is 0 Å². The second kappa shape index (κ2) is 8.60. The van der Waals surface area contributed by atoms with E-state index < -0.39 is 11.6 Å². The molecule has 0 fully saturated rings. The van der Waals surface area contributed by atoms with E-state index in [1.807, 2.05) is 12.1 Å². The first-order valence-corrected chi connectivity index (χ1v) is 8.60. The summed E-state index contributed by atoms with van der Waals surface area (Å²) >= 11 is 5.83. The third-order valence-electron chi connectivity index (χ3n) is 3.84. The summed E-state index contributed by atoms with van der Waals surface area (Å²) in [5, 5.41) is 6.06. The lowest BCUT2D eigenvalue weighted by atomic mass is 10.1. The van der Waals surface area contributed by atoms with Crippen molar-refractivity contribution in [3.05, 3.63) is 88.7 Å². The van der Waals surface area contributed by atoms with Crippen LogP contribution in [0.4, 0.5) is 20.2 Å². The zero-order valence-electron chi connectivity index (χ0n) is 14.2. The largest absolute Gasteiger partial charge is 0.350 e. The molecule has 0 unspecified atom stereocenters. The molecule has 0 saturated heterocycles. The fraction of sp³-hybridized carbons (Fsp3) is 0.100. The zero-order valence-corrected chi connectivity index (χ0v) is 14.9. The molecule has 2 N–H and O–H groups in total. The molecule has 138 valence electrons. The van der Waals surface area contributed by atoms with Crippen LogP contribution in [0, 0.1) is 11.6 Å². The second-order valence-corrected chi connectivity index (χ2v) is 6.22. The average Bonchev–Trinajstić information content (AvgIpc) is 2.67. The smallest absolute Gasteiger partial charge is 0.269 e. The van der Waals surface area contributed by atoms with Gasteiger partial charge in [0.05, 0.1) is 11.9 Å². The highest BCUT2D eigenvalue weighted by Crippen LogP contribution is 2.22. The van der Waals surface area contributed by atoms with E-state index >= 15 is 0 Å². The summed E-state index contributed by atoms with van der Waals surface area (Å²) in [4.78, 5) is 16.2. The molecule has 1 amide bonds. The zero-order chi connectivity index (χ0) is 19.2. The van der Waals surface area contributed by atoms with Crippen molar-refractivity contribution in [3.63, 3.8) is 0 Å². The number of benzene rings is 2. The van der Waals surface area contributed by atoms with E-state index in [1.165, 1.54) is 24.4 Å². The van der Waals surface area contributed by atoms with E-state index in [4.69, 9.17) is 11.6 Å². The Bertz CT molecular complexity index is 911. The molecule has 0 aliphatic carbocycles. The van der Waals surface area contributed by atoms with Crippen LogP contribution in [0.3, 0.4) is 0 Å². The molecule has 0 aliphatic heterocycles. The second-order valence-electron chi connectivity index (χ2n) is 5.79. The van der Waals surface area contributed by atoms with Crippen LogP contribution in [0.15, 0.2) is 60.8 Å². The summed E-state index contributed by atoms with van der Waals surface area (Å²) < 4.78 is 27.3. The van der Waals surface area contributed by atoms with Crippen molar-refractivity contribution in [1.82, 2.24) is 10.3 Å². The number of carbonyl (C=O) groups is 1. The summed E-state index contributed by atoms with van der Waals surface area (Å²) in [6, 6.07) is 14.0. The molecule has 0 aliphatic rings. The minimum absolute atomic E-state index is 0.214. The van der Waals surface area contributed by atoms with Crippen molar-refractivity contribution in [2.45, 2.75) is 6.42 Å². The van der Waals surface area contributed by atoms with Crippen LogP contribution < -0.4 is 10.6 Å². The van der Waals surface area contributed by atoms with Crippen molar-refractivity contribution in [1.29, 1.82) is 0 Å². The van der Waals surface area contributed by atoms with Crippen molar-refractivity contribution in [3.8, 4) is 0 Å². The summed E-state index contributed by atoms with van der Waals surface area (Å²) in [5.41, 5.74) is 1.38. The highest BCUT2D eigenvalue weighted by atomic mass is 35.5. The van der Waals surface area contributed by atoms with E-state index in [0.29, 0.717) is 23.7 Å². The Kier molecular flexibility index (Phi) is 5.98. The number of hydrogen-bond acceptors (Lipinski definition) is 3. The van der Waals surface area contributed by atoms with Crippen molar-refractivity contribution in [2.75, 3.05) is 11.9 Å². The highest BCUT2D eigenvalue weighted by Gasteiger charge is 2.10. The van der Waals surface area contributed by atoms with Crippen molar-refractivity contribution >= 4 is 28.9 Å². The van der Waals surface area contributed by atoms with Gasteiger partial charge >= 0.3 is 0 Å². The molecular weight excluding hydrogens is 372 g/mol. The molecule has 7 heteroatoms. The van der Waals surface area contributed by atoms with E-state index in [-0.39, 0.29) is 17.3 Å². The molecule has 0 bridgehead atoms. The Labute approximate surface area is 160 Å². The Morgan fingerprint density at radius 2 is 1.70 bits per heavy atom. The van der Waals surface area contributed by atoms with Crippen LogP contribution in [0.25, 0.3) is 0 Å². The van der Waals surface area contributed by atoms with E-state index in [2.05, 4.69) is 15.6 Å². The van der Waals surface area contributed by atoms with Crippen LogP contribution in [-0.4, -0.2) is 17.4 Å². The first kappa shape index (κ1) is 18.8. The molecule has 4 nitrogen and oxygen atoms in total. The van der Waals surface area contributed by atoms with Crippen LogP contribution in [0.5, 0.6) is 0 Å². The first-order chi connectivity index (χ1) is 13.0. The summed E-state index contributed by atoms with van der Waals surface area (Å²) in [5.74, 6) is -1.74. The number of halogens is 3. The Hall–Kier alpha value is -2.99. The molecule has 3 rings (SSSR count). The van der Waals surface area contributed by atoms with E-state index in [9.17, 15) is 13.6 Å². The lowest BCUT2D eigenvalue weighted by Crippen LogP contribution is -2.26. The highest BCUT2D eigenvalue weighted by molar-refractivity contribution is 6.30. The van der Waals surface area contributed by atoms with Gasteiger partial charge in [-0.25, -0.2) is 13.8 Å². The first-order valence-electron chi connectivity index (χ1n) is 8.22. The fourth-order valence-corrected chi connectivity index (χ4v) is 2.55. The number of para-hydroxylation sites is 1. The number of aromatic nitrogens is 1. The summed E-state index contributed by atoms with van der Waals surface area (Å²) in [6.45, 7) is 0.447. The maximum atomic E-state index is 13.7. The standard InChI is InChI=1S/C20H16ClF2N3O/c21-14-6-4-13(5-7-14)10-11-24-20(27)18-9-8-15(12-25-18)26-19-16(22)2-1-3-17(19)23/h1-9,12,26H,10-11H2,(H,24,27). The molecule has 1 aromatic heterocycles. The van der Waals surface area contributed by atoms with Gasteiger partial charge in [0.1, 0.15) is 23.0 Å². The molecule has 2 aromatic carbocycles. The number of nitrogens with one attached hydrogen (secondary N) is 2. The molecule has 27 heavy (non-hydrogen) atoms. The van der Waals surface area contributed by atoms with Crippen LogP contribution in [0.1, 0.15) is 16.1 Å². The number of carbonyl (C=O) groups excluding carboxylic acids is 1. The number of hydrogen-bond donors (Lipinski definition) is 2. The van der Waals surface area contributed by atoms with Gasteiger partial charge in [-0.3, -0.25) is 4.79 Å². The lowest BCUT2D eigenvalue weighted by Gasteiger charge is -2.09. The minimum atomic E-state index is -0.709. The molecular formula is C20H16ClF2N3O. The number of amides is 1. The number of pyridine rings is 1. The van der Waals surface area contributed by atoms with Crippen molar-refractivity contribution < 1.29 is 13.6 Å². The maximum Gasteiger partial charge on any atom is 0.269 e. The summed E-state index contributed by atoms with van der Waals surface area (Å²) in [6.07, 6.45) is 2.01. The third-order valence-corrected chi connectivity index (χ3v) is 4.09. The van der Waals surface area contributed by atoms with Gasteiger partial charge in [0.2, 0.25) is 0 Å². The monoisotopic (exact) mass is 387 g/mol. The van der Waals surface area contributed by atoms with Gasteiger partial charge in [0, 0.05) is 11.6 Å². The van der Waals surface area contributed by atoms with Gasteiger partial charge in [-0.1, -0.05) is 29.8 Å². The molecule has 0 spiro atoms. The van der Waals surface area contributed by atoms with Crippen LogP contribution in [-0.2, 0) is 6.42 Å². The Balaban J connectivity index is 1.56. The quantitative estimate of drug-likeness (QED) is 0.643. The predicted octanol–water partition coefficient (Wildman–Crippen LogP) is 4.73. The van der Waals surface area contributed by atoms with Gasteiger partial charge in [0.15, 0.2) is 0 Å².